The number of rotatable bonds is 3. The second-order valence-corrected chi connectivity index (χ2v) is 6.20. The molecule has 0 amide bonds. The Labute approximate surface area is 113 Å². The number of aliphatic hydroxyl groups is 1. The molecule has 6 nitrogen and oxygen atoms in total. The lowest BCUT2D eigenvalue weighted by Gasteiger charge is -2.21. The molecule has 2 atom stereocenters. The topological polar surface area (TPSA) is 94.9 Å². The Balaban J connectivity index is 2.52. The van der Waals surface area contributed by atoms with Crippen molar-refractivity contribution in [3.8, 4) is 0 Å². The maximum absolute atomic E-state index is 13.6. The fraction of sp³-hybridized carbons (Fsp3) is 0.364. The molecule has 1 aliphatic heterocycles. The molecular formula is C11H11F2NO5S. The zero-order valence-electron chi connectivity index (χ0n) is 10.0. The maximum atomic E-state index is 13.6. The summed E-state index contributed by atoms with van der Waals surface area (Å²) in [5.41, 5.74) is 0. The van der Waals surface area contributed by atoms with Crippen LogP contribution in [0.15, 0.2) is 23.1 Å². The number of aliphatic hydroxyl groups excluding tert-OH is 1. The van der Waals surface area contributed by atoms with Gasteiger partial charge >= 0.3 is 5.97 Å². The summed E-state index contributed by atoms with van der Waals surface area (Å²) in [6, 6.07) is 0.974. The number of hydrogen-bond donors (Lipinski definition) is 2. The molecule has 0 aromatic heterocycles. The van der Waals surface area contributed by atoms with E-state index < -0.39 is 51.2 Å². The first-order valence-electron chi connectivity index (χ1n) is 5.62. The Morgan fingerprint density at radius 2 is 1.85 bits per heavy atom. The van der Waals surface area contributed by atoms with E-state index in [1.807, 2.05) is 0 Å². The van der Waals surface area contributed by atoms with Crippen LogP contribution in [-0.4, -0.2) is 47.6 Å². The lowest BCUT2D eigenvalue weighted by Crippen LogP contribution is -2.41. The van der Waals surface area contributed by atoms with Crippen molar-refractivity contribution in [3.05, 3.63) is 29.8 Å². The summed E-state index contributed by atoms with van der Waals surface area (Å²) in [6.45, 7) is -0.521. The lowest BCUT2D eigenvalue weighted by molar-refractivity contribution is -0.140. The van der Waals surface area contributed by atoms with Crippen LogP contribution >= 0.6 is 0 Å². The van der Waals surface area contributed by atoms with Crippen LogP contribution in [0, 0.1) is 11.6 Å². The Bertz CT molecular complexity index is 628. The first kappa shape index (κ1) is 14.8. The molecule has 2 N–H and O–H groups in total. The van der Waals surface area contributed by atoms with Gasteiger partial charge in [-0.3, -0.25) is 4.79 Å². The van der Waals surface area contributed by atoms with Gasteiger partial charge in [-0.05, 0) is 12.1 Å². The van der Waals surface area contributed by atoms with Gasteiger partial charge in [0.05, 0.1) is 6.10 Å². The van der Waals surface area contributed by atoms with E-state index >= 15 is 0 Å². The van der Waals surface area contributed by atoms with Gasteiger partial charge in [-0.15, -0.1) is 0 Å². The van der Waals surface area contributed by atoms with E-state index in [1.165, 1.54) is 0 Å². The van der Waals surface area contributed by atoms with Crippen LogP contribution in [0.3, 0.4) is 0 Å². The first-order chi connectivity index (χ1) is 9.25. The molecule has 1 aliphatic rings. The van der Waals surface area contributed by atoms with E-state index in [-0.39, 0.29) is 6.42 Å². The molecule has 0 bridgehead atoms. The van der Waals surface area contributed by atoms with E-state index in [0.717, 1.165) is 18.2 Å². The number of sulfonamides is 1. The second kappa shape index (κ2) is 5.08. The number of benzene rings is 1. The van der Waals surface area contributed by atoms with Crippen molar-refractivity contribution in [2.24, 2.45) is 0 Å². The zero-order valence-corrected chi connectivity index (χ0v) is 10.8. The largest absolute Gasteiger partial charge is 0.480 e. The highest BCUT2D eigenvalue weighted by Gasteiger charge is 2.45. The highest BCUT2D eigenvalue weighted by Crippen LogP contribution is 2.29. The van der Waals surface area contributed by atoms with E-state index in [2.05, 4.69) is 0 Å². The van der Waals surface area contributed by atoms with Crippen LogP contribution < -0.4 is 0 Å². The monoisotopic (exact) mass is 307 g/mol. The molecule has 2 rings (SSSR count). The molecule has 0 aliphatic carbocycles. The number of halogens is 2. The number of carboxylic acid groups (broad SMARTS) is 1. The summed E-state index contributed by atoms with van der Waals surface area (Å²) >= 11 is 0. The van der Waals surface area contributed by atoms with Crippen molar-refractivity contribution in [2.75, 3.05) is 6.54 Å². The predicted octanol–water partition coefficient (Wildman–Crippen LogP) is 0.173. The van der Waals surface area contributed by atoms with Gasteiger partial charge in [-0.1, -0.05) is 6.07 Å². The molecule has 1 heterocycles. The first-order valence-corrected chi connectivity index (χ1v) is 7.06. The SMILES string of the molecule is O=C(O)[C@@H]1CC(O)CN1S(=O)(=O)c1c(F)cccc1F. The van der Waals surface area contributed by atoms with Crippen molar-refractivity contribution >= 4 is 16.0 Å². The minimum atomic E-state index is -4.68. The summed E-state index contributed by atoms with van der Waals surface area (Å²) in [7, 11) is -4.68. The highest BCUT2D eigenvalue weighted by molar-refractivity contribution is 7.89. The van der Waals surface area contributed by atoms with Crippen LogP contribution in [0.25, 0.3) is 0 Å². The Hall–Kier alpha value is -1.58. The fourth-order valence-corrected chi connectivity index (χ4v) is 3.86. The van der Waals surface area contributed by atoms with Gasteiger partial charge in [0, 0.05) is 13.0 Å². The number of carbonyl (C=O) groups is 1. The Morgan fingerprint density at radius 1 is 1.30 bits per heavy atom. The smallest absolute Gasteiger partial charge is 0.322 e. The molecule has 20 heavy (non-hydrogen) atoms. The van der Waals surface area contributed by atoms with Gasteiger partial charge in [-0.25, -0.2) is 17.2 Å². The molecule has 1 aromatic rings. The minimum absolute atomic E-state index is 0.329. The second-order valence-electron chi connectivity index (χ2n) is 4.37. The maximum Gasteiger partial charge on any atom is 0.322 e. The predicted molar refractivity (Wildman–Crippen MR) is 62.3 cm³/mol. The molecule has 1 unspecified atom stereocenters. The fourth-order valence-electron chi connectivity index (χ4n) is 2.12. The van der Waals surface area contributed by atoms with E-state index in [1.54, 1.807) is 0 Å². The summed E-state index contributed by atoms with van der Waals surface area (Å²) in [5, 5.41) is 18.4. The third-order valence-electron chi connectivity index (χ3n) is 3.00. The third-order valence-corrected chi connectivity index (χ3v) is 4.93. The van der Waals surface area contributed by atoms with E-state index in [4.69, 9.17) is 5.11 Å². The summed E-state index contributed by atoms with van der Waals surface area (Å²) < 4.78 is 52.0. The van der Waals surface area contributed by atoms with Gasteiger partial charge in [0.2, 0.25) is 10.0 Å². The number of nitrogens with zero attached hydrogens (tertiary/aromatic N) is 1. The van der Waals surface area contributed by atoms with E-state index in [9.17, 15) is 27.1 Å². The van der Waals surface area contributed by atoms with Crippen molar-refractivity contribution in [2.45, 2.75) is 23.5 Å². The molecule has 0 spiro atoms. The lowest BCUT2D eigenvalue weighted by atomic mass is 10.2. The molecule has 9 heteroatoms. The van der Waals surface area contributed by atoms with Crippen molar-refractivity contribution < 1.29 is 32.2 Å². The van der Waals surface area contributed by atoms with Gasteiger partial charge in [0.15, 0.2) is 4.90 Å². The van der Waals surface area contributed by atoms with E-state index in [0.29, 0.717) is 4.31 Å². The molecule has 1 fully saturated rings. The van der Waals surface area contributed by atoms with Crippen LogP contribution in [0.5, 0.6) is 0 Å². The van der Waals surface area contributed by atoms with Gasteiger partial charge in [-0.2, -0.15) is 4.31 Å². The zero-order chi connectivity index (χ0) is 15.1. The number of aliphatic carboxylic acids is 1. The molecule has 0 saturated carbocycles. The van der Waals surface area contributed by atoms with Crippen molar-refractivity contribution in [1.82, 2.24) is 4.31 Å². The Kier molecular flexibility index (Phi) is 3.76. The van der Waals surface area contributed by atoms with Crippen LogP contribution in [0.1, 0.15) is 6.42 Å². The van der Waals surface area contributed by atoms with Gasteiger partial charge in [0.1, 0.15) is 17.7 Å². The van der Waals surface area contributed by atoms with Crippen LogP contribution in [0.2, 0.25) is 0 Å². The highest BCUT2D eigenvalue weighted by atomic mass is 32.2. The summed E-state index contributed by atoms with van der Waals surface area (Å²) in [4.78, 5) is 9.79. The molecule has 1 aromatic carbocycles. The molecule has 0 radical (unpaired) electrons. The average molecular weight is 307 g/mol. The summed E-state index contributed by atoms with van der Waals surface area (Å²) in [6.07, 6.45) is -1.52. The van der Waals surface area contributed by atoms with Gasteiger partial charge in [0.25, 0.3) is 0 Å². The number of hydrogen-bond acceptors (Lipinski definition) is 4. The van der Waals surface area contributed by atoms with Crippen LogP contribution in [-0.2, 0) is 14.8 Å². The molecular weight excluding hydrogens is 296 g/mol. The van der Waals surface area contributed by atoms with Crippen molar-refractivity contribution in [3.63, 3.8) is 0 Å². The third kappa shape index (κ3) is 2.39. The summed E-state index contributed by atoms with van der Waals surface area (Å²) in [5.74, 6) is -4.10. The number of carboxylic acids is 1. The molecule has 1 saturated heterocycles. The van der Waals surface area contributed by atoms with Crippen LogP contribution in [0.4, 0.5) is 8.78 Å². The van der Waals surface area contributed by atoms with Crippen molar-refractivity contribution in [1.29, 1.82) is 0 Å². The Morgan fingerprint density at radius 3 is 2.35 bits per heavy atom. The average Bonchev–Trinajstić information content (AvgIpc) is 2.71. The quantitative estimate of drug-likeness (QED) is 0.830. The van der Waals surface area contributed by atoms with Gasteiger partial charge < -0.3 is 10.2 Å². The normalized spacial score (nSPS) is 23.9. The molecule has 110 valence electrons. The number of β-amino-alcohol motifs (C(OH)–C–C–N with tert-alkyl or cyclic N) is 1. The standard InChI is InChI=1S/C11H11F2NO5S/c12-7-2-1-3-8(13)10(7)20(18,19)14-5-6(15)4-9(14)11(16)17/h1-3,6,9,15H,4-5H2,(H,16,17)/t6?,9-/m0/s1. The minimum Gasteiger partial charge on any atom is -0.480 e.